The maximum absolute atomic E-state index is 6.15. The van der Waals surface area contributed by atoms with Crippen molar-refractivity contribution in [3.8, 4) is 5.75 Å². The lowest BCUT2D eigenvalue weighted by molar-refractivity contribution is 0.300. The summed E-state index contributed by atoms with van der Waals surface area (Å²) < 4.78 is 8.20. The first-order valence-electron chi connectivity index (χ1n) is 9.12. The third kappa shape index (κ3) is 2.85. The van der Waals surface area contributed by atoms with E-state index in [4.69, 9.17) is 10.5 Å². The van der Waals surface area contributed by atoms with Crippen LogP contribution in [0, 0.1) is 0 Å². The Hall–Kier alpha value is -3.80. The highest BCUT2D eigenvalue weighted by molar-refractivity contribution is 5.94. The molecule has 0 spiro atoms. The second-order valence-corrected chi connectivity index (χ2v) is 6.62. The molecule has 6 heteroatoms. The van der Waals surface area contributed by atoms with Crippen molar-refractivity contribution in [3.05, 3.63) is 90.0 Å². The largest absolute Gasteiger partial charge is 0.488 e. The number of nitrogens with one attached hydrogen (secondary N) is 1. The Balaban J connectivity index is 1.57. The van der Waals surface area contributed by atoms with Gasteiger partial charge in [-0.3, -0.25) is 9.88 Å². The molecule has 0 saturated carbocycles. The van der Waals surface area contributed by atoms with E-state index in [-0.39, 0.29) is 6.17 Å². The van der Waals surface area contributed by atoms with Gasteiger partial charge in [0, 0.05) is 5.56 Å². The van der Waals surface area contributed by atoms with E-state index < -0.39 is 0 Å². The molecule has 2 heterocycles. The third-order valence-electron chi connectivity index (χ3n) is 4.78. The van der Waals surface area contributed by atoms with Gasteiger partial charge in [-0.2, -0.15) is 0 Å². The quantitative estimate of drug-likeness (QED) is 0.572. The number of benzene rings is 3. The Morgan fingerprint density at radius 2 is 1.68 bits per heavy atom. The minimum Gasteiger partial charge on any atom is -0.488 e. The van der Waals surface area contributed by atoms with Crippen LogP contribution in [-0.2, 0) is 6.61 Å². The number of nitrogens with zero attached hydrogens (tertiary/aromatic N) is 3. The lowest BCUT2D eigenvalue weighted by Gasteiger charge is -2.25. The monoisotopic (exact) mass is 369 g/mol. The zero-order chi connectivity index (χ0) is 18.9. The number of fused-ring (bicyclic) bond motifs is 3. The molecular weight excluding hydrogens is 350 g/mol. The van der Waals surface area contributed by atoms with Crippen molar-refractivity contribution in [3.63, 3.8) is 0 Å². The standard InChI is InChI=1S/C22H19N5O/c23-21-25-20(27-18-12-6-5-11-17(18)24-22(27)26-21)16-10-4-7-13-19(16)28-14-15-8-2-1-3-9-15/h1-13,20H,14H2,(H3,23,24,25,26)/t20-/m1/s1. The van der Waals surface area contributed by atoms with Crippen LogP contribution in [0.15, 0.2) is 83.9 Å². The van der Waals surface area contributed by atoms with Crippen molar-refractivity contribution in [1.82, 2.24) is 9.55 Å². The van der Waals surface area contributed by atoms with Crippen LogP contribution in [0.1, 0.15) is 17.3 Å². The lowest BCUT2D eigenvalue weighted by atomic mass is 10.1. The molecule has 0 radical (unpaired) electrons. The number of ether oxygens (including phenoxy) is 1. The molecule has 0 aliphatic carbocycles. The Labute approximate surface area is 162 Å². The second kappa shape index (κ2) is 6.74. The summed E-state index contributed by atoms with van der Waals surface area (Å²) in [7, 11) is 0. The molecular formula is C22H19N5O. The van der Waals surface area contributed by atoms with Gasteiger partial charge in [0.1, 0.15) is 12.4 Å². The summed E-state index contributed by atoms with van der Waals surface area (Å²) in [5.41, 5.74) is 9.99. The van der Waals surface area contributed by atoms with E-state index in [9.17, 15) is 0 Å². The molecule has 3 N–H and O–H groups in total. The average Bonchev–Trinajstić information content (AvgIpc) is 3.11. The zero-order valence-electron chi connectivity index (χ0n) is 15.1. The molecule has 1 aliphatic heterocycles. The molecule has 0 bridgehead atoms. The number of guanidine groups is 1. The second-order valence-electron chi connectivity index (χ2n) is 6.62. The number of para-hydroxylation sites is 3. The summed E-state index contributed by atoms with van der Waals surface area (Å²) in [5.74, 6) is 1.79. The molecule has 4 aromatic rings. The third-order valence-corrected chi connectivity index (χ3v) is 4.78. The fourth-order valence-corrected chi connectivity index (χ4v) is 3.49. The maximum Gasteiger partial charge on any atom is 0.212 e. The number of nitrogens with two attached hydrogens (primary N) is 1. The molecule has 0 fully saturated rings. The number of imidazole rings is 1. The van der Waals surface area contributed by atoms with Gasteiger partial charge in [0.25, 0.3) is 0 Å². The first kappa shape index (κ1) is 16.4. The molecule has 138 valence electrons. The first-order valence-corrected chi connectivity index (χ1v) is 9.12. The molecule has 1 aromatic heterocycles. The summed E-state index contributed by atoms with van der Waals surface area (Å²) in [4.78, 5) is 9.31. The van der Waals surface area contributed by atoms with E-state index in [2.05, 4.69) is 19.9 Å². The molecule has 0 saturated heterocycles. The van der Waals surface area contributed by atoms with Crippen LogP contribution < -0.4 is 15.8 Å². The van der Waals surface area contributed by atoms with Crippen LogP contribution in [0.5, 0.6) is 5.75 Å². The van der Waals surface area contributed by atoms with Crippen molar-refractivity contribution < 1.29 is 4.74 Å². The van der Waals surface area contributed by atoms with Gasteiger partial charge < -0.3 is 10.5 Å². The highest BCUT2D eigenvalue weighted by atomic mass is 16.5. The smallest absolute Gasteiger partial charge is 0.212 e. The van der Waals surface area contributed by atoms with Gasteiger partial charge in [0.2, 0.25) is 5.95 Å². The van der Waals surface area contributed by atoms with Crippen molar-refractivity contribution in [2.45, 2.75) is 12.8 Å². The zero-order valence-corrected chi connectivity index (χ0v) is 15.1. The van der Waals surface area contributed by atoms with Gasteiger partial charge in [-0.15, -0.1) is 0 Å². The van der Waals surface area contributed by atoms with E-state index in [0.29, 0.717) is 18.5 Å². The van der Waals surface area contributed by atoms with Gasteiger partial charge in [-0.1, -0.05) is 60.7 Å². The van der Waals surface area contributed by atoms with Crippen molar-refractivity contribution in [2.75, 3.05) is 5.32 Å². The number of rotatable bonds is 4. The van der Waals surface area contributed by atoms with Crippen LogP contribution in [0.25, 0.3) is 11.0 Å². The summed E-state index contributed by atoms with van der Waals surface area (Å²) in [5, 5.41) is 3.07. The maximum atomic E-state index is 6.15. The van der Waals surface area contributed by atoms with Gasteiger partial charge >= 0.3 is 0 Å². The van der Waals surface area contributed by atoms with Crippen molar-refractivity contribution in [1.29, 1.82) is 0 Å². The molecule has 0 unspecified atom stereocenters. The van der Waals surface area contributed by atoms with Crippen molar-refractivity contribution >= 4 is 22.9 Å². The normalized spacial score (nSPS) is 15.6. The highest BCUT2D eigenvalue weighted by Crippen LogP contribution is 2.36. The molecule has 28 heavy (non-hydrogen) atoms. The minimum absolute atomic E-state index is 0.339. The minimum atomic E-state index is -0.351. The van der Waals surface area contributed by atoms with E-state index >= 15 is 0 Å². The highest BCUT2D eigenvalue weighted by Gasteiger charge is 2.27. The van der Waals surface area contributed by atoms with Crippen LogP contribution >= 0.6 is 0 Å². The molecule has 6 nitrogen and oxygen atoms in total. The molecule has 1 atom stereocenters. The Morgan fingerprint density at radius 1 is 0.929 bits per heavy atom. The Bertz CT molecular complexity index is 1170. The summed E-state index contributed by atoms with van der Waals surface area (Å²) in [6, 6.07) is 26.0. The van der Waals surface area contributed by atoms with E-state index in [1.807, 2.05) is 78.9 Å². The molecule has 5 rings (SSSR count). The van der Waals surface area contributed by atoms with E-state index in [1.54, 1.807) is 0 Å². The van der Waals surface area contributed by atoms with Gasteiger partial charge in [0.05, 0.1) is 11.0 Å². The van der Waals surface area contributed by atoms with Gasteiger partial charge in [-0.05, 0) is 23.8 Å². The Morgan fingerprint density at radius 3 is 2.57 bits per heavy atom. The number of aliphatic imine (C=N–C) groups is 1. The summed E-state index contributed by atoms with van der Waals surface area (Å²) in [6.45, 7) is 0.486. The number of anilines is 1. The first-order chi connectivity index (χ1) is 13.8. The number of aromatic nitrogens is 2. The summed E-state index contributed by atoms with van der Waals surface area (Å²) >= 11 is 0. The average molecular weight is 369 g/mol. The molecule has 1 aliphatic rings. The van der Waals surface area contributed by atoms with Crippen molar-refractivity contribution in [2.24, 2.45) is 10.7 Å². The van der Waals surface area contributed by atoms with Crippen LogP contribution in [-0.4, -0.2) is 15.5 Å². The SMILES string of the molecule is NC1=N[C@@H](c2ccccc2OCc2ccccc2)n2c(nc3ccccc32)N1. The van der Waals surface area contributed by atoms with Gasteiger partial charge in [0.15, 0.2) is 12.1 Å². The lowest BCUT2D eigenvalue weighted by Crippen LogP contribution is -2.31. The van der Waals surface area contributed by atoms with Crippen LogP contribution in [0.2, 0.25) is 0 Å². The predicted molar refractivity (Wildman–Crippen MR) is 110 cm³/mol. The number of hydrogen-bond donors (Lipinski definition) is 2. The van der Waals surface area contributed by atoms with Crippen LogP contribution in [0.3, 0.4) is 0 Å². The van der Waals surface area contributed by atoms with Crippen LogP contribution in [0.4, 0.5) is 5.95 Å². The summed E-state index contributed by atoms with van der Waals surface area (Å²) in [6.07, 6.45) is -0.351. The predicted octanol–water partition coefficient (Wildman–Crippen LogP) is 3.90. The van der Waals surface area contributed by atoms with Gasteiger partial charge in [-0.25, -0.2) is 9.98 Å². The topological polar surface area (TPSA) is 77.5 Å². The van der Waals surface area contributed by atoms with E-state index in [1.165, 1.54) is 0 Å². The molecule has 3 aromatic carbocycles. The Kier molecular flexibility index (Phi) is 3.94. The van der Waals surface area contributed by atoms with E-state index in [0.717, 1.165) is 27.9 Å². The molecule has 0 amide bonds. The number of hydrogen-bond acceptors (Lipinski definition) is 5. The fourth-order valence-electron chi connectivity index (χ4n) is 3.49. The fraction of sp³-hybridized carbons (Fsp3) is 0.0909.